The summed E-state index contributed by atoms with van der Waals surface area (Å²) in [5.41, 5.74) is 13.2. The van der Waals surface area contributed by atoms with Crippen molar-refractivity contribution in [3.63, 3.8) is 0 Å². The number of rotatable bonds is 5. The van der Waals surface area contributed by atoms with Gasteiger partial charge >= 0.3 is 0 Å². The molecule has 0 bridgehead atoms. The van der Waals surface area contributed by atoms with Crippen LogP contribution in [0.3, 0.4) is 0 Å². The van der Waals surface area contributed by atoms with Crippen molar-refractivity contribution >= 4 is 65.4 Å². The molecule has 12 aromatic rings. The Hall–Kier alpha value is -8.64. The second-order valence-electron chi connectivity index (χ2n) is 15.5. The van der Waals surface area contributed by atoms with Crippen molar-refractivity contribution in [1.29, 1.82) is 10.5 Å². The van der Waals surface area contributed by atoms with E-state index in [1.165, 1.54) is 21.5 Å². The third-order valence-electron chi connectivity index (χ3n) is 12.3. The highest BCUT2D eigenvalue weighted by Crippen LogP contribution is 2.44. The first-order valence-corrected chi connectivity index (χ1v) is 20.4. The third kappa shape index (κ3) is 5.05. The fraction of sp³-hybridized carbons (Fsp3) is 0. The molecule has 5 heteroatoms. The predicted octanol–water partition coefficient (Wildman–Crippen LogP) is 14.1. The number of hydrogen-bond acceptors (Lipinski definition) is 2. The fourth-order valence-corrected chi connectivity index (χ4v) is 9.73. The number of nitrogens with zero attached hydrogens (tertiary/aromatic N) is 5. The van der Waals surface area contributed by atoms with Crippen LogP contribution in [0.5, 0.6) is 0 Å². The van der Waals surface area contributed by atoms with Gasteiger partial charge in [-0.2, -0.15) is 10.5 Å². The Morgan fingerprint density at radius 3 is 0.984 bits per heavy atom. The first-order chi connectivity index (χ1) is 30.2. The lowest BCUT2D eigenvalue weighted by Crippen LogP contribution is -2.05. The molecule has 0 aliphatic rings. The quantitative estimate of drug-likeness (QED) is 0.175. The van der Waals surface area contributed by atoms with E-state index >= 15 is 0 Å². The van der Waals surface area contributed by atoms with E-state index in [0.717, 1.165) is 77.5 Å². The van der Waals surface area contributed by atoms with E-state index in [1.54, 1.807) is 0 Å². The van der Waals surface area contributed by atoms with E-state index in [9.17, 15) is 10.5 Å². The van der Waals surface area contributed by atoms with Crippen LogP contribution in [0.15, 0.2) is 200 Å². The molecule has 61 heavy (non-hydrogen) atoms. The summed E-state index contributed by atoms with van der Waals surface area (Å²) >= 11 is 0. The lowest BCUT2D eigenvalue weighted by molar-refractivity contribution is 1.14. The maximum absolute atomic E-state index is 11.2. The molecule has 282 valence electrons. The lowest BCUT2D eigenvalue weighted by atomic mass is 9.89. The first kappa shape index (κ1) is 34.4. The highest BCUT2D eigenvalue weighted by molar-refractivity contribution is 6.14. The van der Waals surface area contributed by atoms with Crippen molar-refractivity contribution in [2.45, 2.75) is 0 Å². The molecule has 0 radical (unpaired) electrons. The van der Waals surface area contributed by atoms with Crippen LogP contribution < -0.4 is 0 Å². The predicted molar refractivity (Wildman–Crippen MR) is 250 cm³/mol. The second-order valence-corrected chi connectivity index (χ2v) is 15.5. The minimum absolute atomic E-state index is 0.444. The summed E-state index contributed by atoms with van der Waals surface area (Å²) in [6.07, 6.45) is 0. The first-order valence-electron chi connectivity index (χ1n) is 20.4. The van der Waals surface area contributed by atoms with Gasteiger partial charge in [0.25, 0.3) is 0 Å². The van der Waals surface area contributed by atoms with Gasteiger partial charge in [0.15, 0.2) is 0 Å². The number of para-hydroxylation sites is 4. The molecule has 9 aromatic carbocycles. The Morgan fingerprint density at radius 2 is 0.623 bits per heavy atom. The van der Waals surface area contributed by atoms with Crippen molar-refractivity contribution in [2.75, 3.05) is 0 Å². The molecule has 0 spiro atoms. The van der Waals surface area contributed by atoms with Crippen LogP contribution in [-0.2, 0) is 0 Å². The number of nitriles is 2. The molecule has 5 nitrogen and oxygen atoms in total. The molecule has 0 atom stereocenters. The summed E-state index contributed by atoms with van der Waals surface area (Å²) in [4.78, 5) is 0. The van der Waals surface area contributed by atoms with Crippen LogP contribution in [0.2, 0.25) is 0 Å². The van der Waals surface area contributed by atoms with E-state index in [1.807, 2.05) is 66.7 Å². The SMILES string of the molecule is N#Cc1c(-c2ccccc2)cc(-c2ccccc2)c(C#N)c1-n1c2ccc(-n3c4ccccc4c4ccccc43)cc2c2cc(-n3c4ccccc4c4ccccc43)ccc21. The topological polar surface area (TPSA) is 62.4 Å². The van der Waals surface area contributed by atoms with Crippen LogP contribution in [0.1, 0.15) is 11.1 Å². The molecule has 0 saturated carbocycles. The summed E-state index contributed by atoms with van der Waals surface area (Å²) in [6.45, 7) is 0. The minimum atomic E-state index is 0.444. The summed E-state index contributed by atoms with van der Waals surface area (Å²) in [5.74, 6) is 0. The molecule has 3 aromatic heterocycles. The summed E-state index contributed by atoms with van der Waals surface area (Å²) in [7, 11) is 0. The molecule has 0 aliphatic heterocycles. The maximum Gasteiger partial charge on any atom is 0.102 e. The Morgan fingerprint density at radius 1 is 0.295 bits per heavy atom. The second kappa shape index (κ2) is 13.5. The third-order valence-corrected chi connectivity index (χ3v) is 12.3. The van der Waals surface area contributed by atoms with Gasteiger partial charge in [-0.15, -0.1) is 0 Å². The standard InChI is InChI=1S/C56H33N5/c57-34-48-44(36-15-3-1-4-16-36)33-45(37-17-5-2-6-18-37)49(35-58)56(48)61-54-29-27-38(59-50-23-11-7-19-40(50)41-20-8-12-24-51(41)59)31-46(54)47-32-39(28-30-55(47)61)60-52-25-13-9-21-42(52)43-22-10-14-26-53(43)60/h1-33H. The lowest BCUT2D eigenvalue weighted by Gasteiger charge is -2.19. The Bertz CT molecular complexity index is 3480. The van der Waals surface area contributed by atoms with Crippen molar-refractivity contribution in [3.05, 3.63) is 211 Å². The summed E-state index contributed by atoms with van der Waals surface area (Å²) < 4.78 is 6.84. The van der Waals surface area contributed by atoms with Crippen LogP contribution in [-0.4, -0.2) is 13.7 Å². The number of aromatic nitrogens is 3. The normalized spacial score (nSPS) is 11.6. The van der Waals surface area contributed by atoms with Gasteiger partial charge in [-0.25, -0.2) is 0 Å². The minimum Gasteiger partial charge on any atom is -0.309 e. The molecule has 0 amide bonds. The van der Waals surface area contributed by atoms with Gasteiger partial charge in [0.2, 0.25) is 0 Å². The Kier molecular flexibility index (Phi) is 7.59. The van der Waals surface area contributed by atoms with Gasteiger partial charge in [-0.3, -0.25) is 0 Å². The van der Waals surface area contributed by atoms with Gasteiger partial charge in [-0.05, 0) is 77.9 Å². The van der Waals surface area contributed by atoms with Gasteiger partial charge in [0, 0.05) is 54.8 Å². The molecule has 0 N–H and O–H groups in total. The van der Waals surface area contributed by atoms with Crippen LogP contribution in [0.25, 0.3) is 105 Å². The molecular weight excluding hydrogens is 743 g/mol. The highest BCUT2D eigenvalue weighted by Gasteiger charge is 2.26. The average molecular weight is 776 g/mol. The zero-order valence-electron chi connectivity index (χ0n) is 32.8. The van der Waals surface area contributed by atoms with E-state index in [4.69, 9.17) is 0 Å². The van der Waals surface area contributed by atoms with Crippen LogP contribution in [0.4, 0.5) is 0 Å². The van der Waals surface area contributed by atoms with E-state index in [2.05, 4.69) is 159 Å². The van der Waals surface area contributed by atoms with E-state index in [0.29, 0.717) is 16.8 Å². The number of fused-ring (bicyclic) bond motifs is 9. The van der Waals surface area contributed by atoms with Crippen molar-refractivity contribution < 1.29 is 0 Å². The van der Waals surface area contributed by atoms with Gasteiger partial charge < -0.3 is 13.7 Å². The molecule has 3 heterocycles. The fourth-order valence-electron chi connectivity index (χ4n) is 9.73. The molecule has 0 unspecified atom stereocenters. The molecule has 12 rings (SSSR count). The number of hydrogen-bond donors (Lipinski definition) is 0. The van der Waals surface area contributed by atoms with Crippen LogP contribution in [0, 0.1) is 22.7 Å². The largest absolute Gasteiger partial charge is 0.309 e. The zero-order valence-corrected chi connectivity index (χ0v) is 32.8. The molecule has 0 saturated heterocycles. The molecule has 0 aliphatic carbocycles. The Labute approximate surface area is 351 Å². The van der Waals surface area contributed by atoms with E-state index < -0.39 is 0 Å². The maximum atomic E-state index is 11.2. The highest BCUT2D eigenvalue weighted by atomic mass is 15.0. The number of benzene rings is 9. The van der Waals surface area contributed by atoms with Crippen molar-refractivity contribution in [3.8, 4) is 51.5 Å². The zero-order chi connectivity index (χ0) is 40.6. The van der Waals surface area contributed by atoms with E-state index in [-0.39, 0.29) is 0 Å². The monoisotopic (exact) mass is 775 g/mol. The van der Waals surface area contributed by atoms with Crippen molar-refractivity contribution in [2.24, 2.45) is 0 Å². The van der Waals surface area contributed by atoms with Gasteiger partial charge in [-0.1, -0.05) is 133 Å². The molecule has 0 fully saturated rings. The Balaban J connectivity index is 1.23. The summed E-state index contributed by atoms with van der Waals surface area (Å²) in [6, 6.07) is 74.7. The van der Waals surface area contributed by atoms with Crippen molar-refractivity contribution in [1.82, 2.24) is 13.7 Å². The van der Waals surface area contributed by atoms with Gasteiger partial charge in [0.1, 0.15) is 12.1 Å². The summed E-state index contributed by atoms with van der Waals surface area (Å²) in [5, 5.41) is 29.3. The smallest absolute Gasteiger partial charge is 0.102 e. The molecular formula is C56H33N5. The van der Waals surface area contributed by atoms with Gasteiger partial charge in [0.05, 0.1) is 49.9 Å². The van der Waals surface area contributed by atoms with Crippen LogP contribution >= 0.6 is 0 Å². The average Bonchev–Trinajstić information content (AvgIpc) is 3.96.